The Labute approximate surface area is 147 Å². The van der Waals surface area contributed by atoms with Crippen molar-refractivity contribution < 1.29 is 22.3 Å². The third kappa shape index (κ3) is 5.94. The van der Waals surface area contributed by atoms with Crippen LogP contribution in [0, 0.1) is 5.82 Å². The second-order valence-corrected chi connectivity index (χ2v) is 7.82. The highest BCUT2D eigenvalue weighted by molar-refractivity contribution is 7.92. The maximum absolute atomic E-state index is 13.6. The molecular formula is C16H24FN3O4S. The summed E-state index contributed by atoms with van der Waals surface area (Å²) < 4.78 is 44.4. The van der Waals surface area contributed by atoms with Crippen molar-refractivity contribution in [1.82, 2.24) is 4.90 Å². The molecule has 140 valence electrons. The van der Waals surface area contributed by atoms with Crippen LogP contribution < -0.4 is 10.5 Å². The molecule has 1 saturated heterocycles. The van der Waals surface area contributed by atoms with E-state index in [0.717, 1.165) is 24.8 Å². The largest absolute Gasteiger partial charge is 0.378 e. The lowest BCUT2D eigenvalue weighted by Gasteiger charge is -2.32. The first-order chi connectivity index (χ1) is 11.8. The molecule has 3 N–H and O–H groups in total. The number of anilines is 1. The summed E-state index contributed by atoms with van der Waals surface area (Å²) >= 11 is 0. The third-order valence-electron chi connectivity index (χ3n) is 3.94. The Morgan fingerprint density at radius 2 is 2.08 bits per heavy atom. The summed E-state index contributed by atoms with van der Waals surface area (Å²) in [4.78, 5) is 14.3. The van der Waals surface area contributed by atoms with Crippen LogP contribution in [0.3, 0.4) is 0 Å². The minimum atomic E-state index is -3.57. The fraction of sp³-hybridized carbons (Fsp3) is 0.562. The summed E-state index contributed by atoms with van der Waals surface area (Å²) in [7, 11) is -3.57. The number of benzene rings is 1. The standard InChI is InChI=1S/C16H24FN3O4S/c1-25(22,23)19-15-4-3-12(17)11-14(15)16(21)20-8-5-13(6-9-20)24-10-2-7-18/h3-4,11,13,19H,2,5-10,18H2,1H3. The molecule has 0 bridgehead atoms. The molecule has 0 saturated carbocycles. The lowest BCUT2D eigenvalue weighted by Crippen LogP contribution is -2.41. The van der Waals surface area contributed by atoms with Gasteiger partial charge in [0.1, 0.15) is 5.82 Å². The number of carbonyl (C=O) groups excluding carboxylic acids is 1. The van der Waals surface area contributed by atoms with Crippen LogP contribution in [-0.4, -0.2) is 57.8 Å². The molecule has 25 heavy (non-hydrogen) atoms. The zero-order valence-electron chi connectivity index (χ0n) is 14.2. The molecule has 9 heteroatoms. The summed E-state index contributed by atoms with van der Waals surface area (Å²) in [5.41, 5.74) is 5.51. The van der Waals surface area contributed by atoms with Crippen molar-refractivity contribution in [2.75, 3.05) is 37.2 Å². The smallest absolute Gasteiger partial charge is 0.256 e. The van der Waals surface area contributed by atoms with Crippen LogP contribution in [-0.2, 0) is 14.8 Å². The number of sulfonamides is 1. The van der Waals surface area contributed by atoms with E-state index in [1.54, 1.807) is 4.90 Å². The number of ether oxygens (including phenoxy) is 1. The van der Waals surface area contributed by atoms with Crippen molar-refractivity contribution in [2.24, 2.45) is 5.73 Å². The number of rotatable bonds is 7. The van der Waals surface area contributed by atoms with Gasteiger partial charge in [0, 0.05) is 19.7 Å². The first kappa shape index (κ1) is 19.6. The monoisotopic (exact) mass is 373 g/mol. The van der Waals surface area contributed by atoms with Crippen molar-refractivity contribution in [1.29, 1.82) is 0 Å². The van der Waals surface area contributed by atoms with Gasteiger partial charge >= 0.3 is 0 Å². The van der Waals surface area contributed by atoms with Gasteiger partial charge < -0.3 is 15.4 Å². The fourth-order valence-electron chi connectivity index (χ4n) is 2.71. The Morgan fingerprint density at radius 1 is 1.40 bits per heavy atom. The number of nitrogens with two attached hydrogens (primary N) is 1. The van der Waals surface area contributed by atoms with Crippen LogP contribution in [0.15, 0.2) is 18.2 Å². The number of hydrogen-bond acceptors (Lipinski definition) is 5. The molecule has 1 aliphatic rings. The van der Waals surface area contributed by atoms with Gasteiger partial charge in [-0.05, 0) is 44.0 Å². The van der Waals surface area contributed by atoms with Crippen LogP contribution in [0.25, 0.3) is 0 Å². The molecule has 0 atom stereocenters. The minimum Gasteiger partial charge on any atom is -0.378 e. The number of nitrogens with zero attached hydrogens (tertiary/aromatic N) is 1. The van der Waals surface area contributed by atoms with E-state index in [2.05, 4.69) is 4.72 Å². The van der Waals surface area contributed by atoms with Crippen LogP contribution >= 0.6 is 0 Å². The second-order valence-electron chi connectivity index (χ2n) is 6.07. The van der Waals surface area contributed by atoms with Gasteiger partial charge in [-0.25, -0.2) is 12.8 Å². The van der Waals surface area contributed by atoms with Crippen molar-refractivity contribution in [3.05, 3.63) is 29.6 Å². The summed E-state index contributed by atoms with van der Waals surface area (Å²) in [5.74, 6) is -0.992. The van der Waals surface area contributed by atoms with Crippen LogP contribution in [0.1, 0.15) is 29.6 Å². The SMILES string of the molecule is CS(=O)(=O)Nc1ccc(F)cc1C(=O)N1CCC(OCCCN)CC1. The molecule has 0 spiro atoms. The molecular weight excluding hydrogens is 349 g/mol. The molecule has 1 fully saturated rings. The van der Waals surface area contributed by atoms with E-state index in [1.807, 2.05) is 0 Å². The highest BCUT2D eigenvalue weighted by atomic mass is 32.2. The summed E-state index contributed by atoms with van der Waals surface area (Å²) in [6.45, 7) is 2.12. The fourth-order valence-corrected chi connectivity index (χ4v) is 3.29. The summed E-state index contributed by atoms with van der Waals surface area (Å²) in [6.07, 6.45) is 3.22. The van der Waals surface area contributed by atoms with Gasteiger partial charge in [-0.1, -0.05) is 0 Å². The van der Waals surface area contributed by atoms with Crippen LogP contribution in [0.5, 0.6) is 0 Å². The number of piperidine rings is 1. The average molecular weight is 373 g/mol. The van der Waals surface area contributed by atoms with E-state index in [0.29, 0.717) is 39.1 Å². The predicted molar refractivity (Wildman–Crippen MR) is 93.4 cm³/mol. The van der Waals surface area contributed by atoms with Gasteiger partial charge in [0.2, 0.25) is 10.0 Å². The summed E-state index contributed by atoms with van der Waals surface area (Å²) in [6, 6.07) is 3.42. The number of hydrogen-bond donors (Lipinski definition) is 2. The van der Waals surface area contributed by atoms with Crippen molar-refractivity contribution in [3.8, 4) is 0 Å². The number of amides is 1. The molecule has 1 amide bonds. The average Bonchev–Trinajstić information content (AvgIpc) is 2.55. The Hall–Kier alpha value is -1.71. The second kappa shape index (κ2) is 8.59. The molecule has 2 rings (SSSR count). The Morgan fingerprint density at radius 3 is 2.68 bits per heavy atom. The zero-order chi connectivity index (χ0) is 18.4. The van der Waals surface area contributed by atoms with Gasteiger partial charge in [-0.3, -0.25) is 9.52 Å². The van der Waals surface area contributed by atoms with E-state index in [9.17, 15) is 17.6 Å². The number of nitrogens with one attached hydrogen (secondary N) is 1. The highest BCUT2D eigenvalue weighted by Crippen LogP contribution is 2.23. The lowest BCUT2D eigenvalue weighted by molar-refractivity contribution is 0.00846. The molecule has 1 heterocycles. The Bertz CT molecular complexity index is 703. The zero-order valence-corrected chi connectivity index (χ0v) is 15.0. The van der Waals surface area contributed by atoms with Crippen molar-refractivity contribution >= 4 is 21.6 Å². The van der Waals surface area contributed by atoms with Gasteiger partial charge in [0.05, 0.1) is 23.6 Å². The summed E-state index contributed by atoms with van der Waals surface area (Å²) in [5, 5.41) is 0. The van der Waals surface area contributed by atoms with Gasteiger partial charge in [0.15, 0.2) is 0 Å². The Balaban J connectivity index is 2.05. The highest BCUT2D eigenvalue weighted by Gasteiger charge is 2.26. The predicted octanol–water partition coefficient (Wildman–Crippen LogP) is 1.17. The van der Waals surface area contributed by atoms with Crippen LogP contribution in [0.2, 0.25) is 0 Å². The van der Waals surface area contributed by atoms with Gasteiger partial charge in [0.25, 0.3) is 5.91 Å². The van der Waals surface area contributed by atoms with Crippen molar-refractivity contribution in [3.63, 3.8) is 0 Å². The first-order valence-corrected chi connectivity index (χ1v) is 10.1. The number of halogens is 1. The lowest BCUT2D eigenvalue weighted by atomic mass is 10.1. The topological polar surface area (TPSA) is 102 Å². The Kier molecular flexibility index (Phi) is 6.74. The van der Waals surface area contributed by atoms with E-state index < -0.39 is 21.7 Å². The molecule has 0 aliphatic carbocycles. The first-order valence-electron chi connectivity index (χ1n) is 8.18. The quantitative estimate of drug-likeness (QED) is 0.699. The number of likely N-dealkylation sites (tertiary alicyclic amines) is 1. The molecule has 0 aromatic heterocycles. The molecule has 0 radical (unpaired) electrons. The molecule has 7 nitrogen and oxygen atoms in total. The third-order valence-corrected chi connectivity index (χ3v) is 4.53. The maximum atomic E-state index is 13.6. The van der Waals surface area contributed by atoms with E-state index >= 15 is 0 Å². The van der Waals surface area contributed by atoms with E-state index in [1.165, 1.54) is 6.07 Å². The number of carbonyl (C=O) groups is 1. The van der Waals surface area contributed by atoms with E-state index in [4.69, 9.17) is 10.5 Å². The van der Waals surface area contributed by atoms with E-state index in [-0.39, 0.29) is 17.4 Å². The normalized spacial score (nSPS) is 16.0. The maximum Gasteiger partial charge on any atom is 0.256 e. The minimum absolute atomic E-state index is 0.00734. The van der Waals surface area contributed by atoms with Gasteiger partial charge in [-0.2, -0.15) is 0 Å². The van der Waals surface area contributed by atoms with Crippen molar-refractivity contribution in [2.45, 2.75) is 25.4 Å². The molecule has 1 aromatic rings. The van der Waals surface area contributed by atoms with Gasteiger partial charge in [-0.15, -0.1) is 0 Å². The van der Waals surface area contributed by atoms with Crippen LogP contribution in [0.4, 0.5) is 10.1 Å². The molecule has 1 aromatic carbocycles. The molecule has 1 aliphatic heterocycles. The molecule has 0 unspecified atom stereocenters.